The molecule has 0 radical (unpaired) electrons. The van der Waals surface area contributed by atoms with Crippen LogP contribution in [0.5, 0.6) is 5.88 Å². The van der Waals surface area contributed by atoms with Gasteiger partial charge in [0.15, 0.2) is 0 Å². The molecule has 0 aliphatic carbocycles. The molecule has 0 saturated carbocycles. The van der Waals surface area contributed by atoms with Gasteiger partial charge in [-0.2, -0.15) is 0 Å². The Labute approximate surface area is 211 Å². The fraction of sp³-hybridized carbons (Fsp3) is 0.375. The third-order valence-corrected chi connectivity index (χ3v) is 6.35. The highest BCUT2D eigenvalue weighted by atomic mass is 79.9. The fourth-order valence-corrected chi connectivity index (χ4v) is 4.32. The first-order valence-corrected chi connectivity index (χ1v) is 12.0. The average molecular weight is 543 g/mol. The van der Waals surface area contributed by atoms with Crippen LogP contribution in [0.4, 0.5) is 4.79 Å². The van der Waals surface area contributed by atoms with E-state index in [1.807, 2.05) is 44.3 Å². The molecule has 1 saturated heterocycles. The molecule has 2 amide bonds. The number of methoxy groups -OCH3 is 1. The fourth-order valence-electron chi connectivity index (χ4n) is 4.06. The number of hydrogen-bond acceptors (Lipinski definition) is 7. The molecular weight excluding hydrogens is 516 g/mol. The molecule has 35 heavy (non-hydrogen) atoms. The van der Waals surface area contributed by atoms with E-state index in [-0.39, 0.29) is 24.0 Å². The number of amides is 2. The second-order valence-electron chi connectivity index (χ2n) is 8.56. The molecule has 0 spiro atoms. The molecule has 1 aliphatic heterocycles. The number of rotatable bonds is 7. The van der Waals surface area contributed by atoms with Crippen LogP contribution in [0.15, 0.2) is 53.5 Å². The first kappa shape index (κ1) is 24.6. The second-order valence-corrected chi connectivity index (χ2v) is 9.48. The molecule has 0 bridgehead atoms. The quantitative estimate of drug-likeness (QED) is 0.466. The van der Waals surface area contributed by atoms with Gasteiger partial charge in [-0.1, -0.05) is 41.9 Å². The largest absolute Gasteiger partial charge is 0.471 e. The lowest BCUT2D eigenvalue weighted by atomic mass is 10.0. The third kappa shape index (κ3) is 5.79. The van der Waals surface area contributed by atoms with E-state index in [2.05, 4.69) is 36.2 Å². The summed E-state index contributed by atoms with van der Waals surface area (Å²) in [5, 5.41) is 2.67. The predicted molar refractivity (Wildman–Crippen MR) is 131 cm³/mol. The van der Waals surface area contributed by atoms with Gasteiger partial charge in [0, 0.05) is 35.0 Å². The predicted octanol–water partition coefficient (Wildman–Crippen LogP) is 3.73. The van der Waals surface area contributed by atoms with Gasteiger partial charge in [-0.15, -0.1) is 0 Å². The molecular formula is C24H27BrN6O4. The summed E-state index contributed by atoms with van der Waals surface area (Å²) in [6, 6.07) is 6.69. The molecule has 184 valence electrons. The van der Waals surface area contributed by atoms with E-state index in [0.29, 0.717) is 24.7 Å². The summed E-state index contributed by atoms with van der Waals surface area (Å²) >= 11 is 3.45. The number of nitrogens with one attached hydrogen (secondary N) is 2. The van der Waals surface area contributed by atoms with E-state index >= 15 is 0 Å². The van der Waals surface area contributed by atoms with Crippen LogP contribution in [0.3, 0.4) is 0 Å². The number of nitrogens with zero attached hydrogens (tertiary/aromatic N) is 4. The Balaban J connectivity index is 1.61. The first-order chi connectivity index (χ1) is 16.9. The van der Waals surface area contributed by atoms with Crippen molar-refractivity contribution in [2.75, 3.05) is 13.7 Å². The summed E-state index contributed by atoms with van der Waals surface area (Å²) in [5.41, 5.74) is 1.72. The number of H-pyrrole nitrogens is 1. The number of aromatic amines is 1. The number of likely N-dealkylation sites (tertiary alicyclic amines) is 1. The molecule has 1 aliphatic rings. The zero-order valence-corrected chi connectivity index (χ0v) is 21.2. The van der Waals surface area contributed by atoms with Crippen LogP contribution in [0.25, 0.3) is 11.3 Å². The van der Waals surface area contributed by atoms with Gasteiger partial charge in [-0.3, -0.25) is 9.78 Å². The Morgan fingerprint density at radius 2 is 2.00 bits per heavy atom. The minimum atomic E-state index is -0.763. The lowest BCUT2D eigenvalue weighted by Gasteiger charge is -2.29. The molecule has 1 aromatic carbocycles. The van der Waals surface area contributed by atoms with Crippen molar-refractivity contribution in [3.63, 3.8) is 0 Å². The second kappa shape index (κ2) is 10.9. The van der Waals surface area contributed by atoms with E-state index in [4.69, 9.17) is 14.5 Å². The van der Waals surface area contributed by atoms with Crippen molar-refractivity contribution in [1.82, 2.24) is 30.2 Å². The molecule has 3 atom stereocenters. The highest BCUT2D eigenvalue weighted by molar-refractivity contribution is 9.10. The van der Waals surface area contributed by atoms with Gasteiger partial charge in [0.2, 0.25) is 11.8 Å². The summed E-state index contributed by atoms with van der Waals surface area (Å²) in [7, 11) is 1.27. The van der Waals surface area contributed by atoms with Crippen molar-refractivity contribution in [2.24, 2.45) is 5.92 Å². The average Bonchev–Trinajstić information content (AvgIpc) is 3.50. The smallest absolute Gasteiger partial charge is 0.407 e. The maximum atomic E-state index is 13.7. The van der Waals surface area contributed by atoms with Gasteiger partial charge in [0.1, 0.15) is 18.0 Å². The van der Waals surface area contributed by atoms with Crippen LogP contribution in [0.2, 0.25) is 0 Å². The molecule has 11 heteroatoms. The van der Waals surface area contributed by atoms with Gasteiger partial charge in [0.05, 0.1) is 31.6 Å². The SMILES string of the molecule is COC(=O)N[C@H](C(=O)N1C[C@@H](Oc2cnccn2)C[C@H]1c1nc(-c2ccc(Br)cc2)c[nH]1)C(C)C. The molecule has 0 unspecified atom stereocenters. The van der Waals surface area contributed by atoms with Crippen molar-refractivity contribution < 1.29 is 19.1 Å². The molecule has 10 nitrogen and oxygen atoms in total. The Kier molecular flexibility index (Phi) is 7.64. The van der Waals surface area contributed by atoms with Crippen molar-refractivity contribution in [2.45, 2.75) is 38.5 Å². The number of benzene rings is 1. The number of alkyl carbamates (subject to hydrolysis) is 1. The Morgan fingerprint density at radius 1 is 1.23 bits per heavy atom. The molecule has 3 heterocycles. The normalized spacial score (nSPS) is 18.4. The molecule has 2 aromatic heterocycles. The summed E-state index contributed by atoms with van der Waals surface area (Å²) < 4.78 is 11.7. The Bertz CT molecular complexity index is 1150. The van der Waals surface area contributed by atoms with Crippen molar-refractivity contribution in [1.29, 1.82) is 0 Å². The summed E-state index contributed by atoms with van der Waals surface area (Å²) in [6.07, 6.45) is 6.00. The summed E-state index contributed by atoms with van der Waals surface area (Å²) in [4.78, 5) is 43.5. The van der Waals surface area contributed by atoms with Crippen LogP contribution in [-0.4, -0.2) is 62.6 Å². The maximum absolute atomic E-state index is 13.7. The van der Waals surface area contributed by atoms with Crippen molar-refractivity contribution in [3.8, 4) is 17.1 Å². The zero-order valence-electron chi connectivity index (χ0n) is 19.6. The van der Waals surface area contributed by atoms with Gasteiger partial charge in [-0.05, 0) is 18.1 Å². The topological polar surface area (TPSA) is 122 Å². The maximum Gasteiger partial charge on any atom is 0.407 e. The van der Waals surface area contributed by atoms with Crippen LogP contribution in [0, 0.1) is 5.92 Å². The minimum Gasteiger partial charge on any atom is -0.471 e. The number of carbonyl (C=O) groups excluding carboxylic acids is 2. The van der Waals surface area contributed by atoms with Gasteiger partial charge < -0.3 is 24.7 Å². The molecule has 3 aromatic rings. The van der Waals surface area contributed by atoms with Crippen LogP contribution in [-0.2, 0) is 9.53 Å². The van der Waals surface area contributed by atoms with Crippen molar-refractivity contribution >= 4 is 27.9 Å². The van der Waals surface area contributed by atoms with E-state index in [9.17, 15) is 9.59 Å². The lowest BCUT2D eigenvalue weighted by Crippen LogP contribution is -2.51. The highest BCUT2D eigenvalue weighted by Gasteiger charge is 2.42. The molecule has 4 rings (SSSR count). The molecule has 1 fully saturated rings. The number of hydrogen-bond donors (Lipinski definition) is 2. The number of ether oxygens (including phenoxy) is 2. The highest BCUT2D eigenvalue weighted by Crippen LogP contribution is 2.34. The standard InChI is InChI=1S/C24H27BrN6O4/c1-14(2)21(30-24(33)34-3)23(32)31-13-17(35-20-12-26-8-9-27-20)10-19(31)22-28-11-18(29-22)15-4-6-16(25)7-5-15/h4-9,11-12,14,17,19,21H,10,13H2,1-3H3,(H,28,29)(H,30,33)/t17-,19-,21-/m0/s1. The number of imidazole rings is 1. The lowest BCUT2D eigenvalue weighted by molar-refractivity contribution is -0.135. The number of halogens is 1. The molecule has 2 N–H and O–H groups in total. The first-order valence-electron chi connectivity index (χ1n) is 11.2. The third-order valence-electron chi connectivity index (χ3n) is 5.82. The van der Waals surface area contributed by atoms with E-state index in [0.717, 1.165) is 15.7 Å². The Hall–Kier alpha value is -3.47. The van der Waals surface area contributed by atoms with E-state index < -0.39 is 12.1 Å². The van der Waals surface area contributed by atoms with Gasteiger partial charge in [0.25, 0.3) is 0 Å². The zero-order chi connectivity index (χ0) is 24.9. The monoisotopic (exact) mass is 542 g/mol. The van der Waals surface area contributed by atoms with E-state index in [1.165, 1.54) is 13.3 Å². The summed E-state index contributed by atoms with van der Waals surface area (Å²) in [6.45, 7) is 4.05. The van der Waals surface area contributed by atoms with Crippen LogP contribution in [0.1, 0.15) is 32.1 Å². The number of carbonyl (C=O) groups is 2. The van der Waals surface area contributed by atoms with Crippen LogP contribution >= 0.6 is 15.9 Å². The summed E-state index contributed by atoms with van der Waals surface area (Å²) in [5.74, 6) is 0.634. The van der Waals surface area contributed by atoms with Gasteiger partial charge in [-0.25, -0.2) is 14.8 Å². The van der Waals surface area contributed by atoms with Crippen molar-refractivity contribution in [3.05, 3.63) is 59.3 Å². The minimum absolute atomic E-state index is 0.155. The number of aromatic nitrogens is 4. The van der Waals surface area contributed by atoms with E-state index in [1.54, 1.807) is 17.3 Å². The van der Waals surface area contributed by atoms with Gasteiger partial charge >= 0.3 is 6.09 Å². The van der Waals surface area contributed by atoms with Crippen LogP contribution < -0.4 is 10.1 Å². The Morgan fingerprint density at radius 3 is 2.66 bits per heavy atom.